The number of aromatic nitrogens is 2. The molecular weight excluding hydrogens is 250 g/mol. The number of carboxylic acid groups (broad SMARTS) is 1. The van der Waals surface area contributed by atoms with Gasteiger partial charge in [0.05, 0.1) is 11.0 Å². The van der Waals surface area contributed by atoms with E-state index >= 15 is 0 Å². The second-order valence-electron chi connectivity index (χ2n) is 4.69. The fourth-order valence-corrected chi connectivity index (χ4v) is 1.77. The van der Waals surface area contributed by atoms with Gasteiger partial charge in [-0.15, -0.1) is 0 Å². The van der Waals surface area contributed by atoms with E-state index in [1.54, 1.807) is 18.2 Å². The minimum atomic E-state index is -1.39. The molecule has 1 atom stereocenters. The van der Waals surface area contributed by atoms with Gasteiger partial charge in [-0.05, 0) is 24.6 Å². The molecule has 0 aliphatic rings. The van der Waals surface area contributed by atoms with Crippen LogP contribution >= 0.6 is 0 Å². The number of benzene rings is 1. The van der Waals surface area contributed by atoms with Crippen molar-refractivity contribution >= 4 is 17.0 Å². The monoisotopic (exact) mass is 263 g/mol. The Labute approximate surface area is 107 Å². The van der Waals surface area contributed by atoms with Crippen LogP contribution < -0.4 is 16.9 Å². The second kappa shape index (κ2) is 4.36. The van der Waals surface area contributed by atoms with Gasteiger partial charge in [-0.25, -0.2) is 0 Å². The lowest BCUT2D eigenvalue weighted by Crippen LogP contribution is -2.46. The zero-order valence-corrected chi connectivity index (χ0v) is 10.2. The normalized spacial score (nSPS) is 14.2. The molecule has 0 fully saturated rings. The van der Waals surface area contributed by atoms with Crippen LogP contribution in [0, 0.1) is 0 Å². The average molecular weight is 263 g/mol. The Morgan fingerprint density at radius 2 is 1.84 bits per heavy atom. The summed E-state index contributed by atoms with van der Waals surface area (Å²) in [5.41, 5.74) is 4.35. The van der Waals surface area contributed by atoms with Gasteiger partial charge in [0.25, 0.3) is 0 Å². The fourth-order valence-electron chi connectivity index (χ4n) is 1.77. The van der Waals surface area contributed by atoms with E-state index in [9.17, 15) is 14.4 Å². The molecule has 7 heteroatoms. The third kappa shape index (κ3) is 2.55. The van der Waals surface area contributed by atoms with Crippen LogP contribution in [0.15, 0.2) is 27.8 Å². The van der Waals surface area contributed by atoms with Crippen LogP contribution in [0.2, 0.25) is 0 Å². The Morgan fingerprint density at radius 1 is 1.26 bits per heavy atom. The SMILES string of the molecule is C[C@](N)(Cc1ccc2[nH]c(=O)c(=O)[nH]c2c1)C(=O)O. The Kier molecular flexibility index (Phi) is 2.99. The van der Waals surface area contributed by atoms with E-state index in [0.29, 0.717) is 16.6 Å². The number of fused-ring (bicyclic) bond motifs is 1. The third-order valence-electron chi connectivity index (χ3n) is 2.85. The predicted octanol–water partition coefficient (Wildman–Crippen LogP) is -0.439. The summed E-state index contributed by atoms with van der Waals surface area (Å²) >= 11 is 0. The van der Waals surface area contributed by atoms with E-state index in [1.807, 2.05) is 0 Å². The minimum Gasteiger partial charge on any atom is -0.480 e. The van der Waals surface area contributed by atoms with Crippen LogP contribution in [0.25, 0.3) is 11.0 Å². The van der Waals surface area contributed by atoms with Gasteiger partial charge < -0.3 is 20.8 Å². The van der Waals surface area contributed by atoms with Gasteiger partial charge in [0.15, 0.2) is 0 Å². The lowest BCUT2D eigenvalue weighted by Gasteiger charge is -2.19. The summed E-state index contributed by atoms with van der Waals surface area (Å²) in [5, 5.41) is 8.97. The Hall–Kier alpha value is -2.41. The predicted molar refractivity (Wildman–Crippen MR) is 69.1 cm³/mol. The van der Waals surface area contributed by atoms with E-state index in [4.69, 9.17) is 10.8 Å². The number of rotatable bonds is 3. The van der Waals surface area contributed by atoms with Crippen LogP contribution in [0.3, 0.4) is 0 Å². The van der Waals surface area contributed by atoms with E-state index in [0.717, 1.165) is 0 Å². The summed E-state index contributed by atoms with van der Waals surface area (Å²) in [6, 6.07) is 4.85. The van der Waals surface area contributed by atoms with Gasteiger partial charge in [-0.1, -0.05) is 6.07 Å². The average Bonchev–Trinajstić information content (AvgIpc) is 2.30. The molecule has 0 saturated heterocycles. The molecule has 0 spiro atoms. The van der Waals surface area contributed by atoms with Crippen molar-refractivity contribution in [3.63, 3.8) is 0 Å². The number of aromatic amines is 2. The summed E-state index contributed by atoms with van der Waals surface area (Å²) in [7, 11) is 0. The quantitative estimate of drug-likeness (QED) is 0.558. The van der Waals surface area contributed by atoms with E-state index in [-0.39, 0.29) is 6.42 Å². The molecule has 19 heavy (non-hydrogen) atoms. The molecule has 2 rings (SSSR count). The number of hydrogen-bond donors (Lipinski definition) is 4. The zero-order valence-electron chi connectivity index (χ0n) is 10.2. The van der Waals surface area contributed by atoms with Crippen molar-refractivity contribution in [2.45, 2.75) is 18.9 Å². The molecule has 0 aliphatic carbocycles. The summed E-state index contributed by atoms with van der Waals surface area (Å²) in [4.78, 5) is 38.2. The minimum absolute atomic E-state index is 0.111. The van der Waals surface area contributed by atoms with Crippen molar-refractivity contribution in [2.24, 2.45) is 5.73 Å². The molecule has 5 N–H and O–H groups in total. The highest BCUT2D eigenvalue weighted by Crippen LogP contribution is 2.15. The number of nitrogens with two attached hydrogens (primary N) is 1. The largest absolute Gasteiger partial charge is 0.480 e. The highest BCUT2D eigenvalue weighted by Gasteiger charge is 2.28. The van der Waals surface area contributed by atoms with Crippen LogP contribution in [0.4, 0.5) is 0 Å². The standard InChI is InChI=1S/C12H13N3O4/c1-12(13,11(18)19)5-6-2-3-7-8(4-6)15-10(17)9(16)14-7/h2-4H,5,13H2,1H3,(H,14,16)(H,15,17)(H,18,19)/t12-/m0/s1. The number of hydrogen-bond acceptors (Lipinski definition) is 4. The highest BCUT2D eigenvalue weighted by molar-refractivity contribution is 5.79. The van der Waals surface area contributed by atoms with Crippen molar-refractivity contribution in [3.8, 4) is 0 Å². The third-order valence-corrected chi connectivity index (χ3v) is 2.85. The lowest BCUT2D eigenvalue weighted by molar-refractivity contribution is -0.142. The first-order valence-electron chi connectivity index (χ1n) is 5.57. The first-order chi connectivity index (χ1) is 8.79. The summed E-state index contributed by atoms with van der Waals surface area (Å²) < 4.78 is 0. The van der Waals surface area contributed by atoms with Gasteiger partial charge in [-0.2, -0.15) is 0 Å². The molecule has 100 valence electrons. The van der Waals surface area contributed by atoms with Gasteiger partial charge in [0.1, 0.15) is 5.54 Å². The van der Waals surface area contributed by atoms with Crippen LogP contribution in [-0.2, 0) is 11.2 Å². The van der Waals surface area contributed by atoms with E-state index < -0.39 is 22.6 Å². The van der Waals surface area contributed by atoms with Crippen molar-refractivity contribution in [1.29, 1.82) is 0 Å². The van der Waals surface area contributed by atoms with Crippen LogP contribution in [0.5, 0.6) is 0 Å². The first-order valence-corrected chi connectivity index (χ1v) is 5.57. The maximum absolute atomic E-state index is 11.2. The molecule has 7 nitrogen and oxygen atoms in total. The molecule has 0 radical (unpaired) electrons. The van der Waals surface area contributed by atoms with Crippen molar-refractivity contribution in [3.05, 3.63) is 44.5 Å². The number of aliphatic carboxylic acids is 1. The van der Waals surface area contributed by atoms with Gasteiger partial charge in [-0.3, -0.25) is 14.4 Å². The van der Waals surface area contributed by atoms with Crippen LogP contribution in [0.1, 0.15) is 12.5 Å². The van der Waals surface area contributed by atoms with E-state index in [1.165, 1.54) is 6.92 Å². The van der Waals surface area contributed by atoms with Gasteiger partial charge in [0, 0.05) is 6.42 Å². The number of H-pyrrole nitrogens is 2. The van der Waals surface area contributed by atoms with Crippen molar-refractivity contribution in [1.82, 2.24) is 9.97 Å². The fraction of sp³-hybridized carbons (Fsp3) is 0.250. The number of carbonyl (C=O) groups is 1. The highest BCUT2D eigenvalue weighted by atomic mass is 16.4. The number of carboxylic acids is 1. The second-order valence-corrected chi connectivity index (χ2v) is 4.69. The summed E-state index contributed by atoms with van der Waals surface area (Å²) in [6.45, 7) is 1.41. The van der Waals surface area contributed by atoms with E-state index in [2.05, 4.69) is 9.97 Å². The first kappa shape index (κ1) is 13.0. The molecule has 1 aromatic carbocycles. The molecule has 0 amide bonds. The van der Waals surface area contributed by atoms with Crippen LogP contribution in [-0.4, -0.2) is 26.6 Å². The van der Waals surface area contributed by atoms with Gasteiger partial charge >= 0.3 is 17.1 Å². The molecule has 1 aromatic heterocycles. The molecule has 0 saturated carbocycles. The van der Waals surface area contributed by atoms with Crippen molar-refractivity contribution < 1.29 is 9.90 Å². The lowest BCUT2D eigenvalue weighted by atomic mass is 9.94. The smallest absolute Gasteiger partial charge is 0.323 e. The Balaban J connectivity index is 2.48. The molecule has 1 heterocycles. The topological polar surface area (TPSA) is 129 Å². The summed E-state index contributed by atoms with van der Waals surface area (Å²) in [5.74, 6) is -1.11. The maximum atomic E-state index is 11.2. The Morgan fingerprint density at radius 3 is 2.42 bits per heavy atom. The molecule has 0 aliphatic heterocycles. The number of nitrogens with one attached hydrogen (secondary N) is 2. The maximum Gasteiger partial charge on any atom is 0.323 e. The summed E-state index contributed by atoms with van der Waals surface area (Å²) in [6.07, 6.45) is 0.111. The zero-order chi connectivity index (χ0) is 14.2. The molecule has 0 unspecified atom stereocenters. The van der Waals surface area contributed by atoms with Gasteiger partial charge in [0.2, 0.25) is 0 Å². The Bertz CT molecular complexity index is 757. The molecular formula is C12H13N3O4. The molecule has 2 aromatic rings. The van der Waals surface area contributed by atoms with Crippen molar-refractivity contribution in [2.75, 3.05) is 0 Å². The molecule has 0 bridgehead atoms.